The Hall–Kier alpha value is -2.97. The average Bonchev–Trinajstić information content (AvgIpc) is 2.98. The van der Waals surface area contributed by atoms with E-state index in [0.717, 1.165) is 11.1 Å². The van der Waals surface area contributed by atoms with Crippen LogP contribution in [0.3, 0.4) is 0 Å². The van der Waals surface area contributed by atoms with E-state index in [0.29, 0.717) is 11.3 Å². The third-order valence-electron chi connectivity index (χ3n) is 3.60. The minimum Gasteiger partial charge on any atom is -0.480 e. The monoisotopic (exact) mass is 357 g/mol. The lowest BCUT2D eigenvalue weighted by Gasteiger charge is -2.04. The van der Waals surface area contributed by atoms with Gasteiger partial charge in [0.1, 0.15) is 12.2 Å². The second-order valence-electron chi connectivity index (χ2n) is 5.42. The maximum absolute atomic E-state index is 11.4. The Morgan fingerprint density at radius 3 is 2.24 bits per heavy atom. The standard InChI is InChI=1S/C17H15N3O4S/c18-25(23,24)14-8-6-13(7-9-14)17-15(12-4-2-1-3-5-12)10-20(19-17)11-16(21)22/h1-10H,11H2,(H,21,22)(H2,18,23,24). The van der Waals surface area contributed by atoms with E-state index in [2.05, 4.69) is 5.10 Å². The van der Waals surface area contributed by atoms with Crippen molar-refractivity contribution in [1.29, 1.82) is 0 Å². The molecule has 1 heterocycles. The Morgan fingerprint density at radius 2 is 1.68 bits per heavy atom. The SMILES string of the molecule is NS(=O)(=O)c1ccc(-c2nn(CC(=O)O)cc2-c2ccccc2)cc1. The number of nitrogens with two attached hydrogens (primary N) is 1. The fraction of sp³-hybridized carbons (Fsp3) is 0.0588. The topological polar surface area (TPSA) is 115 Å². The molecule has 0 spiro atoms. The zero-order valence-corrected chi connectivity index (χ0v) is 13.8. The van der Waals surface area contributed by atoms with Crippen molar-refractivity contribution in [3.05, 3.63) is 60.8 Å². The number of carboxylic acid groups (broad SMARTS) is 1. The van der Waals surface area contributed by atoms with E-state index in [1.54, 1.807) is 18.3 Å². The number of nitrogens with zero attached hydrogens (tertiary/aromatic N) is 2. The van der Waals surface area contributed by atoms with Crippen molar-refractivity contribution in [1.82, 2.24) is 9.78 Å². The van der Waals surface area contributed by atoms with E-state index < -0.39 is 16.0 Å². The Kier molecular flexibility index (Phi) is 4.39. The molecular weight excluding hydrogens is 342 g/mol. The Balaban J connectivity index is 2.11. The summed E-state index contributed by atoms with van der Waals surface area (Å²) in [4.78, 5) is 11.0. The van der Waals surface area contributed by atoms with Crippen molar-refractivity contribution in [3.63, 3.8) is 0 Å². The van der Waals surface area contributed by atoms with Gasteiger partial charge < -0.3 is 5.11 Å². The summed E-state index contributed by atoms with van der Waals surface area (Å²) < 4.78 is 24.1. The fourth-order valence-corrected chi connectivity index (χ4v) is 3.00. The molecule has 0 aliphatic carbocycles. The van der Waals surface area contributed by atoms with Gasteiger partial charge in [0, 0.05) is 17.3 Å². The molecule has 0 amide bonds. The van der Waals surface area contributed by atoms with Gasteiger partial charge in [-0.1, -0.05) is 42.5 Å². The first-order chi connectivity index (χ1) is 11.8. The van der Waals surface area contributed by atoms with Gasteiger partial charge >= 0.3 is 5.97 Å². The highest BCUT2D eigenvalue weighted by molar-refractivity contribution is 7.89. The van der Waals surface area contributed by atoms with E-state index in [-0.39, 0.29) is 11.4 Å². The molecule has 25 heavy (non-hydrogen) atoms. The maximum Gasteiger partial charge on any atom is 0.325 e. The molecule has 2 aromatic carbocycles. The largest absolute Gasteiger partial charge is 0.480 e. The van der Waals surface area contributed by atoms with Gasteiger partial charge in [-0.25, -0.2) is 13.6 Å². The summed E-state index contributed by atoms with van der Waals surface area (Å²) in [6.45, 7) is -0.269. The van der Waals surface area contributed by atoms with Crippen LogP contribution in [0.1, 0.15) is 0 Å². The number of carbonyl (C=O) groups is 1. The number of aliphatic carboxylic acids is 1. The summed E-state index contributed by atoms with van der Waals surface area (Å²) in [6.07, 6.45) is 1.66. The van der Waals surface area contributed by atoms with Crippen LogP contribution in [0.2, 0.25) is 0 Å². The highest BCUT2D eigenvalue weighted by Gasteiger charge is 2.15. The molecule has 0 saturated carbocycles. The average molecular weight is 357 g/mol. The molecule has 7 nitrogen and oxygen atoms in total. The van der Waals surface area contributed by atoms with E-state index in [4.69, 9.17) is 10.2 Å². The highest BCUT2D eigenvalue weighted by Crippen LogP contribution is 2.31. The van der Waals surface area contributed by atoms with Crippen LogP contribution in [0.25, 0.3) is 22.4 Å². The van der Waals surface area contributed by atoms with Crippen molar-refractivity contribution in [2.24, 2.45) is 5.14 Å². The van der Waals surface area contributed by atoms with Gasteiger partial charge in [-0.3, -0.25) is 9.48 Å². The molecule has 0 unspecified atom stereocenters. The molecule has 3 N–H and O–H groups in total. The Bertz CT molecular complexity index is 1010. The highest BCUT2D eigenvalue weighted by atomic mass is 32.2. The van der Waals surface area contributed by atoms with Crippen LogP contribution in [-0.4, -0.2) is 29.3 Å². The third kappa shape index (κ3) is 3.76. The predicted octanol–water partition coefficient (Wildman–Crippen LogP) is 1.95. The molecule has 0 bridgehead atoms. The summed E-state index contributed by atoms with van der Waals surface area (Å²) in [6, 6.07) is 15.4. The van der Waals surface area contributed by atoms with Crippen molar-refractivity contribution in [2.45, 2.75) is 11.4 Å². The summed E-state index contributed by atoms with van der Waals surface area (Å²) >= 11 is 0. The van der Waals surface area contributed by atoms with Crippen molar-refractivity contribution < 1.29 is 18.3 Å². The Labute approximate surface area is 144 Å². The van der Waals surface area contributed by atoms with Crippen molar-refractivity contribution >= 4 is 16.0 Å². The summed E-state index contributed by atoms with van der Waals surface area (Å²) in [7, 11) is -3.78. The lowest BCUT2D eigenvalue weighted by atomic mass is 10.0. The summed E-state index contributed by atoms with van der Waals surface area (Å²) in [5.41, 5.74) is 2.86. The van der Waals surface area contributed by atoms with Crippen LogP contribution >= 0.6 is 0 Å². The van der Waals surface area contributed by atoms with E-state index in [9.17, 15) is 13.2 Å². The van der Waals surface area contributed by atoms with Crippen LogP contribution in [0.4, 0.5) is 0 Å². The van der Waals surface area contributed by atoms with Crippen LogP contribution in [0.15, 0.2) is 65.7 Å². The first-order valence-corrected chi connectivity index (χ1v) is 8.87. The number of hydrogen-bond donors (Lipinski definition) is 2. The van der Waals surface area contributed by atoms with Gasteiger partial charge in [0.2, 0.25) is 10.0 Å². The lowest BCUT2D eigenvalue weighted by Crippen LogP contribution is -2.11. The first kappa shape index (κ1) is 16.9. The van der Waals surface area contributed by atoms with Gasteiger partial charge in [0.25, 0.3) is 0 Å². The first-order valence-electron chi connectivity index (χ1n) is 7.32. The second-order valence-corrected chi connectivity index (χ2v) is 6.98. The minimum absolute atomic E-state index is 0.00230. The zero-order chi connectivity index (χ0) is 18.0. The quantitative estimate of drug-likeness (QED) is 0.724. The van der Waals surface area contributed by atoms with Crippen LogP contribution in [0, 0.1) is 0 Å². The molecule has 3 rings (SSSR count). The van der Waals surface area contributed by atoms with Gasteiger partial charge in [-0.05, 0) is 17.7 Å². The van der Waals surface area contributed by atoms with Crippen LogP contribution < -0.4 is 5.14 Å². The molecular formula is C17H15N3O4S. The molecule has 0 fully saturated rings. The molecule has 8 heteroatoms. The molecule has 0 saturated heterocycles. The lowest BCUT2D eigenvalue weighted by molar-refractivity contribution is -0.137. The number of aromatic nitrogens is 2. The van der Waals surface area contributed by atoms with Gasteiger partial charge in [0.15, 0.2) is 0 Å². The number of hydrogen-bond acceptors (Lipinski definition) is 4. The summed E-state index contributed by atoms with van der Waals surface area (Å²) in [5.74, 6) is -1.00. The molecule has 0 aliphatic heterocycles. The number of carboxylic acids is 1. The smallest absolute Gasteiger partial charge is 0.325 e. The Morgan fingerprint density at radius 1 is 1.04 bits per heavy atom. The zero-order valence-electron chi connectivity index (χ0n) is 13.0. The number of primary sulfonamides is 1. The second kappa shape index (κ2) is 6.50. The molecule has 1 aromatic heterocycles. The molecule has 0 atom stereocenters. The predicted molar refractivity (Wildman–Crippen MR) is 92.1 cm³/mol. The van der Waals surface area contributed by atoms with Gasteiger partial charge in [-0.2, -0.15) is 5.10 Å². The fourth-order valence-electron chi connectivity index (χ4n) is 2.49. The van der Waals surface area contributed by atoms with E-state index in [1.165, 1.54) is 16.8 Å². The van der Waals surface area contributed by atoms with Gasteiger partial charge in [-0.15, -0.1) is 0 Å². The summed E-state index contributed by atoms with van der Waals surface area (Å²) in [5, 5.41) is 18.4. The van der Waals surface area contributed by atoms with Crippen molar-refractivity contribution in [2.75, 3.05) is 0 Å². The number of benzene rings is 2. The van der Waals surface area contributed by atoms with E-state index in [1.807, 2.05) is 30.3 Å². The normalized spacial score (nSPS) is 11.4. The molecule has 128 valence electrons. The minimum atomic E-state index is -3.78. The maximum atomic E-state index is 11.4. The van der Waals surface area contributed by atoms with E-state index >= 15 is 0 Å². The number of rotatable bonds is 5. The molecule has 0 radical (unpaired) electrons. The molecule has 0 aliphatic rings. The van der Waals surface area contributed by atoms with Gasteiger partial charge in [0.05, 0.1) is 4.90 Å². The molecule has 3 aromatic rings. The van der Waals surface area contributed by atoms with Crippen LogP contribution in [-0.2, 0) is 21.4 Å². The third-order valence-corrected chi connectivity index (χ3v) is 4.53. The van der Waals surface area contributed by atoms with Crippen LogP contribution in [0.5, 0.6) is 0 Å². The number of sulfonamides is 1. The van der Waals surface area contributed by atoms with Crippen molar-refractivity contribution in [3.8, 4) is 22.4 Å².